The van der Waals surface area contributed by atoms with E-state index in [4.69, 9.17) is 9.94 Å². The summed E-state index contributed by atoms with van der Waals surface area (Å²) in [5.41, 5.74) is 0.857. The van der Waals surface area contributed by atoms with E-state index in [0.717, 1.165) is 5.71 Å². The zero-order valence-corrected chi connectivity index (χ0v) is 6.09. The van der Waals surface area contributed by atoms with Crippen LogP contribution in [0.3, 0.4) is 0 Å². The first-order valence-corrected chi connectivity index (χ1v) is 2.94. The lowest BCUT2D eigenvalue weighted by molar-refractivity contribution is 0.0288. The van der Waals surface area contributed by atoms with Crippen molar-refractivity contribution in [3.05, 3.63) is 0 Å². The number of rotatable bonds is 3. The second-order valence-electron chi connectivity index (χ2n) is 2.14. The molecule has 9 heavy (non-hydrogen) atoms. The van der Waals surface area contributed by atoms with Crippen molar-refractivity contribution in [2.24, 2.45) is 5.16 Å². The molecule has 0 rings (SSSR count). The summed E-state index contributed by atoms with van der Waals surface area (Å²) in [7, 11) is 0. The maximum atomic E-state index is 8.45. The van der Waals surface area contributed by atoms with Crippen LogP contribution in [0.4, 0.5) is 0 Å². The van der Waals surface area contributed by atoms with Crippen LogP contribution < -0.4 is 0 Å². The number of aliphatic hydroxyl groups is 1. The minimum Gasteiger partial charge on any atom is -0.392 e. The van der Waals surface area contributed by atoms with Crippen LogP contribution in [0.1, 0.15) is 20.8 Å². The largest absolute Gasteiger partial charge is 0.392 e. The third kappa shape index (κ3) is 5.30. The molecule has 3 heteroatoms. The number of aliphatic hydroxyl groups excluding tert-OH is 1. The Hall–Kier alpha value is -0.570. The Morgan fingerprint density at radius 1 is 1.67 bits per heavy atom. The highest BCUT2D eigenvalue weighted by molar-refractivity contribution is 5.78. The molecule has 0 aromatic heterocycles. The van der Waals surface area contributed by atoms with Gasteiger partial charge < -0.3 is 9.94 Å². The van der Waals surface area contributed by atoms with Crippen LogP contribution in [0.25, 0.3) is 0 Å². The molecule has 0 saturated carbocycles. The lowest BCUT2D eigenvalue weighted by Gasteiger charge is -2.04. The van der Waals surface area contributed by atoms with E-state index >= 15 is 0 Å². The summed E-state index contributed by atoms with van der Waals surface area (Å²) in [5, 5.41) is 12.1. The summed E-state index contributed by atoms with van der Waals surface area (Å²) in [4.78, 5) is 4.79. The maximum absolute atomic E-state index is 8.45. The molecule has 0 unspecified atom stereocenters. The lowest BCUT2D eigenvalue weighted by atomic mass is 10.4. The molecule has 0 spiro atoms. The third-order valence-corrected chi connectivity index (χ3v) is 0.672. The van der Waals surface area contributed by atoms with Crippen molar-refractivity contribution >= 4 is 5.71 Å². The van der Waals surface area contributed by atoms with Gasteiger partial charge in [0.05, 0.1) is 12.3 Å². The fraction of sp³-hybridized carbons (Fsp3) is 0.833. The molecule has 54 valence electrons. The molecule has 3 nitrogen and oxygen atoms in total. The summed E-state index contributed by atoms with van der Waals surface area (Å²) in [6, 6.07) is 0. The first-order valence-electron chi connectivity index (χ1n) is 2.94. The Morgan fingerprint density at radius 3 is 2.56 bits per heavy atom. The van der Waals surface area contributed by atoms with Crippen LogP contribution in [-0.4, -0.2) is 23.5 Å². The van der Waals surface area contributed by atoms with Crippen LogP contribution in [0.5, 0.6) is 0 Å². The third-order valence-electron chi connectivity index (χ3n) is 0.672. The minimum atomic E-state index is -0.195. The van der Waals surface area contributed by atoms with Crippen LogP contribution in [-0.2, 0) is 4.84 Å². The van der Waals surface area contributed by atoms with Crippen molar-refractivity contribution in [3.8, 4) is 0 Å². The molecule has 0 amide bonds. The van der Waals surface area contributed by atoms with Gasteiger partial charge in [0.1, 0.15) is 6.10 Å². The Bertz CT molecular complexity index is 97.2. The molecule has 1 atom stereocenters. The zero-order valence-electron chi connectivity index (χ0n) is 6.09. The van der Waals surface area contributed by atoms with E-state index in [1.165, 1.54) is 0 Å². The van der Waals surface area contributed by atoms with Crippen LogP contribution in [0, 0.1) is 0 Å². The molecule has 0 saturated heterocycles. The van der Waals surface area contributed by atoms with Gasteiger partial charge in [-0.1, -0.05) is 5.16 Å². The fourth-order valence-corrected chi connectivity index (χ4v) is 0.229. The van der Waals surface area contributed by atoms with Crippen LogP contribution in [0.15, 0.2) is 5.16 Å². The molecular formula is C6H13NO2. The average molecular weight is 131 g/mol. The van der Waals surface area contributed by atoms with Gasteiger partial charge in [-0.15, -0.1) is 0 Å². The molecule has 0 aromatic rings. The second-order valence-corrected chi connectivity index (χ2v) is 2.14. The molecular weight excluding hydrogens is 118 g/mol. The summed E-state index contributed by atoms with van der Waals surface area (Å²) >= 11 is 0. The predicted octanol–water partition coefficient (Wildman–Crippen LogP) is 0.780. The number of nitrogens with zero attached hydrogens (tertiary/aromatic N) is 1. The molecule has 0 aliphatic rings. The van der Waals surface area contributed by atoms with E-state index in [9.17, 15) is 0 Å². The number of hydrogen-bond acceptors (Lipinski definition) is 3. The highest BCUT2D eigenvalue weighted by atomic mass is 16.6. The predicted molar refractivity (Wildman–Crippen MR) is 36.4 cm³/mol. The van der Waals surface area contributed by atoms with Gasteiger partial charge in [-0.3, -0.25) is 0 Å². The van der Waals surface area contributed by atoms with E-state index in [1.807, 2.05) is 13.8 Å². The van der Waals surface area contributed by atoms with Gasteiger partial charge in [-0.05, 0) is 20.8 Å². The van der Waals surface area contributed by atoms with Gasteiger partial charge >= 0.3 is 0 Å². The highest BCUT2D eigenvalue weighted by Crippen LogP contribution is 1.89. The van der Waals surface area contributed by atoms with E-state index in [1.54, 1.807) is 6.92 Å². The number of hydrogen-bond donors (Lipinski definition) is 1. The fourth-order valence-electron chi connectivity index (χ4n) is 0.229. The van der Waals surface area contributed by atoms with Gasteiger partial charge in [-0.2, -0.15) is 0 Å². The van der Waals surface area contributed by atoms with E-state index in [2.05, 4.69) is 5.16 Å². The summed E-state index contributed by atoms with van der Waals surface area (Å²) in [6.07, 6.45) is -0.195. The zero-order chi connectivity index (χ0) is 7.28. The van der Waals surface area contributed by atoms with Crippen molar-refractivity contribution in [2.45, 2.75) is 26.9 Å². The SMILES string of the molecule is CC(C)=NO[C@@H](C)CO. The Morgan fingerprint density at radius 2 is 2.22 bits per heavy atom. The standard InChI is InChI=1S/C6H13NO2/c1-5(2)7-9-6(3)4-8/h6,8H,4H2,1-3H3/t6-/m0/s1. The van der Waals surface area contributed by atoms with Gasteiger partial charge in [-0.25, -0.2) is 0 Å². The molecule has 0 aromatic carbocycles. The molecule has 1 N–H and O–H groups in total. The van der Waals surface area contributed by atoms with Crippen LogP contribution in [0.2, 0.25) is 0 Å². The molecule has 0 fully saturated rings. The highest BCUT2D eigenvalue weighted by Gasteiger charge is 1.95. The van der Waals surface area contributed by atoms with Crippen molar-refractivity contribution in [2.75, 3.05) is 6.61 Å². The molecule has 0 heterocycles. The van der Waals surface area contributed by atoms with E-state index in [-0.39, 0.29) is 12.7 Å². The quantitative estimate of drug-likeness (QED) is 0.454. The molecule has 0 radical (unpaired) electrons. The van der Waals surface area contributed by atoms with E-state index in [0.29, 0.717) is 0 Å². The second kappa shape index (κ2) is 4.32. The van der Waals surface area contributed by atoms with Gasteiger partial charge in [0.15, 0.2) is 0 Å². The van der Waals surface area contributed by atoms with Gasteiger partial charge in [0.25, 0.3) is 0 Å². The monoisotopic (exact) mass is 131 g/mol. The van der Waals surface area contributed by atoms with Crippen molar-refractivity contribution in [1.82, 2.24) is 0 Å². The van der Waals surface area contributed by atoms with Gasteiger partial charge in [0.2, 0.25) is 0 Å². The average Bonchev–Trinajstić information content (AvgIpc) is 1.83. The maximum Gasteiger partial charge on any atom is 0.147 e. The smallest absolute Gasteiger partial charge is 0.147 e. The summed E-state index contributed by atoms with van der Waals surface area (Å²) in [5.74, 6) is 0. The summed E-state index contributed by atoms with van der Waals surface area (Å²) < 4.78 is 0. The number of oxime groups is 1. The first kappa shape index (κ1) is 8.43. The van der Waals surface area contributed by atoms with Crippen molar-refractivity contribution in [1.29, 1.82) is 0 Å². The lowest BCUT2D eigenvalue weighted by Crippen LogP contribution is -2.09. The Balaban J connectivity index is 3.37. The first-order chi connectivity index (χ1) is 4.16. The molecule has 0 aliphatic carbocycles. The van der Waals surface area contributed by atoms with Gasteiger partial charge in [0, 0.05) is 0 Å². The minimum absolute atomic E-state index is 0.0107. The van der Waals surface area contributed by atoms with E-state index < -0.39 is 0 Å². The van der Waals surface area contributed by atoms with Crippen LogP contribution >= 0.6 is 0 Å². The normalized spacial score (nSPS) is 12.4. The Kier molecular flexibility index (Phi) is 4.05. The molecule has 0 bridgehead atoms. The topological polar surface area (TPSA) is 41.8 Å². The van der Waals surface area contributed by atoms with Crippen molar-refractivity contribution < 1.29 is 9.94 Å². The Labute approximate surface area is 55.3 Å². The molecule has 0 aliphatic heterocycles. The van der Waals surface area contributed by atoms with Crippen molar-refractivity contribution in [3.63, 3.8) is 0 Å². The summed E-state index contributed by atoms with van der Waals surface area (Å²) in [6.45, 7) is 5.44.